The van der Waals surface area contributed by atoms with Crippen molar-refractivity contribution in [3.8, 4) is 0 Å². The lowest BCUT2D eigenvalue weighted by molar-refractivity contribution is -0.114. The summed E-state index contributed by atoms with van der Waals surface area (Å²) in [5.74, 6) is -0.0245. The smallest absolute Gasteiger partial charge is 0.224 e. The second kappa shape index (κ2) is 8.58. The van der Waals surface area contributed by atoms with Crippen LogP contribution < -0.4 is 0 Å². The molecule has 0 N–H and O–H groups in total. The molecule has 1 nitrogen and oxygen atoms in total. The SMILES string of the molecule is CC(C)=CCC/C(C)=C/CC[C@@H](C)C(=O)Cl. The zero-order valence-corrected chi connectivity index (χ0v) is 11.6. The van der Waals surface area contributed by atoms with Crippen LogP contribution in [0.5, 0.6) is 0 Å². The van der Waals surface area contributed by atoms with E-state index in [4.69, 9.17) is 11.6 Å². The van der Waals surface area contributed by atoms with Crippen LogP contribution in [0.3, 0.4) is 0 Å². The van der Waals surface area contributed by atoms with E-state index in [1.807, 2.05) is 6.92 Å². The van der Waals surface area contributed by atoms with Crippen molar-refractivity contribution in [3.05, 3.63) is 23.3 Å². The minimum atomic E-state index is -0.226. The van der Waals surface area contributed by atoms with Crippen LogP contribution in [-0.4, -0.2) is 5.24 Å². The first-order chi connectivity index (χ1) is 7.43. The summed E-state index contributed by atoms with van der Waals surface area (Å²) in [6, 6.07) is 0. The number of halogens is 1. The van der Waals surface area contributed by atoms with E-state index in [0.717, 1.165) is 25.7 Å². The van der Waals surface area contributed by atoms with E-state index in [-0.39, 0.29) is 11.2 Å². The average molecular weight is 243 g/mol. The monoisotopic (exact) mass is 242 g/mol. The van der Waals surface area contributed by atoms with E-state index in [1.165, 1.54) is 11.1 Å². The van der Waals surface area contributed by atoms with Crippen molar-refractivity contribution >= 4 is 16.8 Å². The second-order valence-corrected chi connectivity index (χ2v) is 5.03. The van der Waals surface area contributed by atoms with Crippen LogP contribution in [0.2, 0.25) is 0 Å². The molecule has 0 aliphatic heterocycles. The van der Waals surface area contributed by atoms with E-state index in [0.29, 0.717) is 0 Å². The van der Waals surface area contributed by atoms with Crippen molar-refractivity contribution < 1.29 is 4.79 Å². The molecule has 0 aromatic rings. The predicted molar refractivity (Wildman–Crippen MR) is 71.7 cm³/mol. The predicted octanol–water partition coefficient (Wildman–Crippen LogP) is 4.86. The van der Waals surface area contributed by atoms with Gasteiger partial charge in [0.05, 0.1) is 0 Å². The summed E-state index contributed by atoms with van der Waals surface area (Å²) in [6.07, 6.45) is 8.48. The van der Waals surface area contributed by atoms with E-state index in [2.05, 4.69) is 32.9 Å². The molecule has 0 radical (unpaired) electrons. The number of hydrogen-bond donors (Lipinski definition) is 0. The van der Waals surface area contributed by atoms with Crippen molar-refractivity contribution in [3.63, 3.8) is 0 Å². The molecule has 0 heterocycles. The Bertz CT molecular complexity index is 272. The molecule has 2 heteroatoms. The van der Waals surface area contributed by atoms with Gasteiger partial charge in [0, 0.05) is 5.92 Å². The first-order valence-electron chi connectivity index (χ1n) is 5.91. The summed E-state index contributed by atoms with van der Waals surface area (Å²) in [5, 5.41) is -0.226. The second-order valence-electron chi connectivity index (χ2n) is 4.65. The molecule has 92 valence electrons. The van der Waals surface area contributed by atoms with Gasteiger partial charge in [0.2, 0.25) is 5.24 Å². The number of allylic oxidation sites excluding steroid dienone is 4. The topological polar surface area (TPSA) is 17.1 Å². The van der Waals surface area contributed by atoms with Gasteiger partial charge >= 0.3 is 0 Å². The van der Waals surface area contributed by atoms with Gasteiger partial charge in [-0.2, -0.15) is 0 Å². The Balaban J connectivity index is 3.79. The van der Waals surface area contributed by atoms with Gasteiger partial charge in [-0.1, -0.05) is 30.2 Å². The first-order valence-corrected chi connectivity index (χ1v) is 6.29. The summed E-state index contributed by atoms with van der Waals surface area (Å²) in [5.41, 5.74) is 2.76. The first kappa shape index (κ1) is 15.4. The molecular formula is C14H23ClO. The summed E-state index contributed by atoms with van der Waals surface area (Å²) >= 11 is 5.39. The molecule has 0 fully saturated rings. The molecule has 0 aliphatic carbocycles. The lowest BCUT2D eigenvalue weighted by atomic mass is 10.0. The number of hydrogen-bond acceptors (Lipinski definition) is 1. The fraction of sp³-hybridized carbons (Fsp3) is 0.643. The minimum Gasteiger partial charge on any atom is -0.281 e. The summed E-state index contributed by atoms with van der Waals surface area (Å²) in [6.45, 7) is 8.26. The normalized spacial score (nSPS) is 13.4. The Morgan fingerprint density at radius 3 is 2.31 bits per heavy atom. The molecule has 0 amide bonds. The maximum Gasteiger partial charge on any atom is 0.224 e. The molecule has 0 aromatic carbocycles. The minimum absolute atomic E-state index is 0.0245. The van der Waals surface area contributed by atoms with Gasteiger partial charge in [0.25, 0.3) is 0 Å². The highest BCUT2D eigenvalue weighted by atomic mass is 35.5. The van der Waals surface area contributed by atoms with Crippen LogP contribution in [0.15, 0.2) is 23.3 Å². The molecule has 16 heavy (non-hydrogen) atoms. The molecule has 0 rings (SSSR count). The fourth-order valence-corrected chi connectivity index (χ4v) is 1.49. The standard InChI is InChI=1S/C14H23ClO/c1-11(2)7-5-8-12(3)9-6-10-13(4)14(15)16/h7,9,13H,5-6,8,10H2,1-4H3/b12-9+/t13-/m1/s1. The van der Waals surface area contributed by atoms with Crippen LogP contribution in [-0.2, 0) is 4.79 Å². The number of carbonyl (C=O) groups excluding carboxylic acids is 1. The average Bonchev–Trinajstić information content (AvgIpc) is 2.16. The summed E-state index contributed by atoms with van der Waals surface area (Å²) in [4.78, 5) is 10.8. The zero-order valence-electron chi connectivity index (χ0n) is 10.8. The number of carbonyl (C=O) groups is 1. The Morgan fingerprint density at radius 1 is 1.19 bits per heavy atom. The zero-order chi connectivity index (χ0) is 12.6. The van der Waals surface area contributed by atoms with E-state index in [9.17, 15) is 4.79 Å². The largest absolute Gasteiger partial charge is 0.281 e. The van der Waals surface area contributed by atoms with Gasteiger partial charge in [0.15, 0.2) is 0 Å². The Labute approximate surface area is 105 Å². The van der Waals surface area contributed by atoms with Crippen LogP contribution in [0.1, 0.15) is 53.4 Å². The lowest BCUT2D eigenvalue weighted by Crippen LogP contribution is -2.02. The maximum atomic E-state index is 10.8. The third kappa shape index (κ3) is 8.72. The lowest BCUT2D eigenvalue weighted by Gasteiger charge is -2.03. The van der Waals surface area contributed by atoms with Gasteiger partial charge in [-0.15, -0.1) is 0 Å². The van der Waals surface area contributed by atoms with Gasteiger partial charge < -0.3 is 0 Å². The van der Waals surface area contributed by atoms with Gasteiger partial charge in [-0.3, -0.25) is 4.79 Å². The van der Waals surface area contributed by atoms with E-state index >= 15 is 0 Å². The molecular weight excluding hydrogens is 220 g/mol. The van der Waals surface area contributed by atoms with Crippen LogP contribution in [0, 0.1) is 5.92 Å². The Morgan fingerprint density at radius 2 is 1.81 bits per heavy atom. The van der Waals surface area contributed by atoms with Crippen molar-refractivity contribution in [2.45, 2.75) is 53.4 Å². The maximum absolute atomic E-state index is 10.8. The fourth-order valence-electron chi connectivity index (χ4n) is 1.38. The Kier molecular flexibility index (Phi) is 8.28. The third-order valence-electron chi connectivity index (χ3n) is 2.57. The van der Waals surface area contributed by atoms with E-state index in [1.54, 1.807) is 0 Å². The van der Waals surface area contributed by atoms with Crippen LogP contribution in [0.4, 0.5) is 0 Å². The molecule has 0 saturated carbocycles. The molecule has 0 saturated heterocycles. The molecule has 0 bridgehead atoms. The van der Waals surface area contributed by atoms with Gasteiger partial charge in [-0.05, 0) is 58.1 Å². The third-order valence-corrected chi connectivity index (χ3v) is 2.94. The number of rotatable bonds is 7. The molecule has 0 aromatic heterocycles. The van der Waals surface area contributed by atoms with Crippen LogP contribution in [0.25, 0.3) is 0 Å². The summed E-state index contributed by atoms with van der Waals surface area (Å²) < 4.78 is 0. The molecule has 1 atom stereocenters. The van der Waals surface area contributed by atoms with Gasteiger partial charge in [0.1, 0.15) is 0 Å². The molecule has 0 aliphatic rings. The van der Waals surface area contributed by atoms with Crippen molar-refractivity contribution in [2.75, 3.05) is 0 Å². The molecule has 0 unspecified atom stereocenters. The van der Waals surface area contributed by atoms with Crippen molar-refractivity contribution in [1.82, 2.24) is 0 Å². The van der Waals surface area contributed by atoms with Crippen molar-refractivity contribution in [1.29, 1.82) is 0 Å². The van der Waals surface area contributed by atoms with E-state index < -0.39 is 0 Å². The van der Waals surface area contributed by atoms with Crippen LogP contribution >= 0.6 is 11.6 Å². The Hall–Kier alpha value is -0.560. The molecule has 0 spiro atoms. The highest BCUT2D eigenvalue weighted by Crippen LogP contribution is 2.13. The van der Waals surface area contributed by atoms with Gasteiger partial charge in [-0.25, -0.2) is 0 Å². The highest BCUT2D eigenvalue weighted by Gasteiger charge is 2.07. The summed E-state index contributed by atoms with van der Waals surface area (Å²) in [7, 11) is 0. The van der Waals surface area contributed by atoms with Crippen molar-refractivity contribution in [2.24, 2.45) is 5.92 Å². The quantitative estimate of drug-likeness (QED) is 0.460. The highest BCUT2D eigenvalue weighted by molar-refractivity contribution is 6.63.